The Labute approximate surface area is 153 Å². The summed E-state index contributed by atoms with van der Waals surface area (Å²) in [6.45, 7) is 3.06. The summed E-state index contributed by atoms with van der Waals surface area (Å²) in [4.78, 5) is 31.5. The number of aromatic nitrogens is 1. The summed E-state index contributed by atoms with van der Waals surface area (Å²) in [5.41, 5.74) is 2.77. The molecule has 1 aromatic carbocycles. The van der Waals surface area contributed by atoms with Crippen molar-refractivity contribution in [3.05, 3.63) is 35.5 Å². The Morgan fingerprint density at radius 1 is 1.31 bits per heavy atom. The molecule has 1 aliphatic heterocycles. The van der Waals surface area contributed by atoms with Crippen molar-refractivity contribution in [1.29, 1.82) is 0 Å². The molecule has 138 valence electrons. The number of likely N-dealkylation sites (N-methyl/N-ethyl adjacent to an activating group) is 1. The fourth-order valence-corrected chi connectivity index (χ4v) is 5.15. The molecule has 5 nitrogen and oxygen atoms in total. The number of aromatic amines is 1. The lowest BCUT2D eigenvalue weighted by molar-refractivity contribution is -0.154. The summed E-state index contributed by atoms with van der Waals surface area (Å²) in [6, 6.07) is 8.10. The third kappa shape index (κ3) is 2.57. The standard InChI is InChI=1S/C21H26N2O3/c1-4-12-11-23(2)17-9-15-13-7-5-6-8-16(13)22-20(15)18(24)10-14(12)19(17)21(25)26-3/h5-8,12,14,17,19,22H,4,9-11H2,1-3H3/t12-,14?,17-,19-/m0/s1. The zero-order valence-electron chi connectivity index (χ0n) is 15.6. The molecule has 4 atom stereocenters. The van der Waals surface area contributed by atoms with Crippen LogP contribution < -0.4 is 0 Å². The summed E-state index contributed by atoms with van der Waals surface area (Å²) in [5, 5.41) is 1.09. The topological polar surface area (TPSA) is 62.4 Å². The number of esters is 1. The van der Waals surface area contributed by atoms with Crippen molar-refractivity contribution >= 4 is 22.7 Å². The number of carbonyl (C=O) groups is 2. The van der Waals surface area contributed by atoms with E-state index >= 15 is 0 Å². The molecular formula is C21H26N2O3. The molecule has 1 unspecified atom stereocenters. The number of nitrogens with one attached hydrogen (secondary N) is 1. The smallest absolute Gasteiger partial charge is 0.310 e. The van der Waals surface area contributed by atoms with Gasteiger partial charge in [-0.05, 0) is 36.9 Å². The molecule has 4 rings (SSSR count). The van der Waals surface area contributed by atoms with Crippen LogP contribution in [-0.2, 0) is 16.0 Å². The number of benzene rings is 1. The summed E-state index contributed by atoms with van der Waals surface area (Å²) in [5.74, 6) is 0.0584. The number of carbonyl (C=O) groups excluding carboxylic acids is 2. The van der Waals surface area contributed by atoms with Crippen LogP contribution in [0.3, 0.4) is 0 Å². The molecule has 0 amide bonds. The van der Waals surface area contributed by atoms with Crippen molar-refractivity contribution in [1.82, 2.24) is 9.88 Å². The van der Waals surface area contributed by atoms with Crippen LogP contribution >= 0.6 is 0 Å². The number of H-pyrrole nitrogens is 1. The Hall–Kier alpha value is -2.14. The molecule has 5 heteroatoms. The van der Waals surface area contributed by atoms with Gasteiger partial charge >= 0.3 is 5.97 Å². The third-order valence-corrected chi connectivity index (χ3v) is 6.49. The number of fused-ring (bicyclic) bond motifs is 5. The highest BCUT2D eigenvalue weighted by Crippen LogP contribution is 2.42. The lowest BCUT2D eigenvalue weighted by Crippen LogP contribution is -2.56. The van der Waals surface area contributed by atoms with Crippen molar-refractivity contribution in [2.24, 2.45) is 17.8 Å². The van der Waals surface area contributed by atoms with Gasteiger partial charge in [-0.3, -0.25) is 9.59 Å². The molecule has 26 heavy (non-hydrogen) atoms. The summed E-state index contributed by atoms with van der Waals surface area (Å²) in [7, 11) is 3.55. The van der Waals surface area contributed by atoms with Gasteiger partial charge in [-0.2, -0.15) is 0 Å². The first-order valence-corrected chi connectivity index (χ1v) is 9.46. The molecule has 0 saturated carbocycles. The van der Waals surface area contributed by atoms with Crippen molar-refractivity contribution in [2.45, 2.75) is 32.2 Å². The fourth-order valence-electron chi connectivity index (χ4n) is 5.15. The second-order valence-corrected chi connectivity index (χ2v) is 7.74. The number of likely N-dealkylation sites (tertiary alicyclic amines) is 1. The van der Waals surface area contributed by atoms with Crippen LogP contribution in [0, 0.1) is 17.8 Å². The van der Waals surface area contributed by atoms with E-state index in [0.717, 1.165) is 35.1 Å². The molecule has 2 bridgehead atoms. The predicted octanol–water partition coefficient (Wildman–Crippen LogP) is 3.04. The first kappa shape index (κ1) is 17.3. The minimum Gasteiger partial charge on any atom is -0.469 e. The number of ether oxygens (including phenoxy) is 1. The zero-order chi connectivity index (χ0) is 18.4. The maximum Gasteiger partial charge on any atom is 0.310 e. The maximum absolute atomic E-state index is 13.1. The van der Waals surface area contributed by atoms with Gasteiger partial charge in [0.25, 0.3) is 0 Å². The molecule has 2 heterocycles. The van der Waals surface area contributed by atoms with Crippen LogP contribution in [-0.4, -0.2) is 48.4 Å². The van der Waals surface area contributed by atoms with Gasteiger partial charge in [0.15, 0.2) is 5.78 Å². The molecular weight excluding hydrogens is 328 g/mol. The largest absolute Gasteiger partial charge is 0.469 e. The van der Waals surface area contributed by atoms with Gasteiger partial charge in [0.2, 0.25) is 0 Å². The minimum atomic E-state index is -0.255. The number of hydrogen-bond acceptors (Lipinski definition) is 4. The quantitative estimate of drug-likeness (QED) is 0.842. The normalized spacial score (nSPS) is 29.1. The van der Waals surface area contributed by atoms with E-state index in [1.165, 1.54) is 7.11 Å². The van der Waals surface area contributed by atoms with Crippen LogP contribution in [0.4, 0.5) is 0 Å². The van der Waals surface area contributed by atoms with E-state index in [4.69, 9.17) is 4.74 Å². The molecule has 0 radical (unpaired) electrons. The monoisotopic (exact) mass is 354 g/mol. The van der Waals surface area contributed by atoms with E-state index in [9.17, 15) is 9.59 Å². The van der Waals surface area contributed by atoms with E-state index in [0.29, 0.717) is 18.8 Å². The molecule has 0 spiro atoms. The highest BCUT2D eigenvalue weighted by Gasteiger charge is 2.48. The van der Waals surface area contributed by atoms with Gasteiger partial charge in [-0.15, -0.1) is 0 Å². The number of para-hydroxylation sites is 1. The highest BCUT2D eigenvalue weighted by atomic mass is 16.5. The summed E-state index contributed by atoms with van der Waals surface area (Å²) < 4.78 is 5.17. The van der Waals surface area contributed by atoms with E-state index < -0.39 is 0 Å². The molecule has 1 aliphatic carbocycles. The number of hydrogen-bond donors (Lipinski definition) is 1. The predicted molar refractivity (Wildman–Crippen MR) is 100 cm³/mol. The lowest BCUT2D eigenvalue weighted by atomic mass is 9.67. The van der Waals surface area contributed by atoms with Crippen LogP contribution in [0.1, 0.15) is 35.8 Å². The van der Waals surface area contributed by atoms with E-state index in [2.05, 4.69) is 29.9 Å². The Balaban J connectivity index is 1.88. The third-order valence-electron chi connectivity index (χ3n) is 6.49. The second kappa shape index (κ2) is 6.54. The highest BCUT2D eigenvalue weighted by molar-refractivity contribution is 6.03. The van der Waals surface area contributed by atoms with Gasteiger partial charge < -0.3 is 14.6 Å². The Morgan fingerprint density at radius 2 is 2.08 bits per heavy atom. The van der Waals surface area contributed by atoms with Crippen LogP contribution in [0.25, 0.3) is 10.9 Å². The molecule has 2 aliphatic rings. The molecule has 1 fully saturated rings. The Morgan fingerprint density at radius 3 is 2.81 bits per heavy atom. The minimum absolute atomic E-state index is 0.0423. The summed E-state index contributed by atoms with van der Waals surface area (Å²) >= 11 is 0. The van der Waals surface area contributed by atoms with Crippen molar-refractivity contribution < 1.29 is 14.3 Å². The van der Waals surface area contributed by atoms with Gasteiger partial charge in [0, 0.05) is 29.9 Å². The second-order valence-electron chi connectivity index (χ2n) is 7.74. The number of piperidine rings is 1. The number of nitrogens with zero attached hydrogens (tertiary/aromatic N) is 1. The van der Waals surface area contributed by atoms with Gasteiger partial charge in [0.1, 0.15) is 0 Å². The van der Waals surface area contributed by atoms with Gasteiger partial charge in [0.05, 0.1) is 18.7 Å². The maximum atomic E-state index is 13.1. The first-order chi connectivity index (χ1) is 12.5. The number of methoxy groups -OCH3 is 1. The average Bonchev–Trinajstić information content (AvgIpc) is 3.01. The van der Waals surface area contributed by atoms with E-state index in [-0.39, 0.29) is 29.6 Å². The van der Waals surface area contributed by atoms with Crippen molar-refractivity contribution in [2.75, 3.05) is 20.7 Å². The van der Waals surface area contributed by atoms with Crippen LogP contribution in [0.5, 0.6) is 0 Å². The van der Waals surface area contributed by atoms with Gasteiger partial charge in [-0.1, -0.05) is 31.5 Å². The molecule has 1 saturated heterocycles. The Kier molecular flexibility index (Phi) is 4.35. The molecule has 1 N–H and O–H groups in total. The summed E-state index contributed by atoms with van der Waals surface area (Å²) in [6.07, 6.45) is 2.05. The number of Topliss-reactive ketones (excluding diaryl/α,β-unsaturated/α-hetero) is 1. The average molecular weight is 354 g/mol. The zero-order valence-corrected chi connectivity index (χ0v) is 15.6. The number of ketones is 1. The van der Waals surface area contributed by atoms with Crippen molar-refractivity contribution in [3.8, 4) is 0 Å². The SMILES string of the molecule is CC[C@H]1CN(C)[C@H]2Cc3c([nH]c4ccccc34)C(=O)CC1[C@@H]2C(=O)OC. The molecule has 1 aromatic heterocycles. The first-order valence-electron chi connectivity index (χ1n) is 9.46. The Bertz CT molecular complexity index is 856. The number of rotatable bonds is 2. The van der Waals surface area contributed by atoms with Crippen molar-refractivity contribution in [3.63, 3.8) is 0 Å². The molecule has 2 aromatic rings. The van der Waals surface area contributed by atoms with E-state index in [1.807, 2.05) is 18.2 Å². The lowest BCUT2D eigenvalue weighted by Gasteiger charge is -2.47. The van der Waals surface area contributed by atoms with Gasteiger partial charge in [-0.25, -0.2) is 0 Å². The van der Waals surface area contributed by atoms with E-state index in [1.54, 1.807) is 0 Å². The van der Waals surface area contributed by atoms with Crippen LogP contribution in [0.2, 0.25) is 0 Å². The fraction of sp³-hybridized carbons (Fsp3) is 0.524. The van der Waals surface area contributed by atoms with Crippen LogP contribution in [0.15, 0.2) is 24.3 Å².